The quantitative estimate of drug-likeness (QED) is 0.231. The number of aromatic nitrogens is 1. The van der Waals surface area contributed by atoms with E-state index >= 15 is 0 Å². The lowest BCUT2D eigenvalue weighted by molar-refractivity contribution is -0.138. The third kappa shape index (κ3) is 6.37. The van der Waals surface area contributed by atoms with E-state index in [1.54, 1.807) is 9.47 Å². The predicted molar refractivity (Wildman–Crippen MR) is 108 cm³/mol. The van der Waals surface area contributed by atoms with Crippen molar-refractivity contribution in [1.82, 2.24) is 9.47 Å². The summed E-state index contributed by atoms with van der Waals surface area (Å²) >= 11 is 0. The molecule has 1 aromatic rings. The number of pyridine rings is 1. The fourth-order valence-corrected chi connectivity index (χ4v) is 3.51. The number of hydrogen-bond donors (Lipinski definition) is 6. The standard InChI is InChI=1S/C20H28N2O9/c23-11-15(25)20(31)19(30)12-9-21(6-1-3-16(26)27)10-13-18(12)14(24)5-8-22(13)7-2-4-17(28)29/h5,8-9,15,19-20,23,25,30-31H,1-4,6-7,10-11H2,(H,26,27)(H,28,29). The summed E-state index contributed by atoms with van der Waals surface area (Å²) in [5.41, 5.74) is 0.222. The van der Waals surface area contributed by atoms with Gasteiger partial charge in [-0.2, -0.15) is 0 Å². The molecule has 2 heterocycles. The zero-order valence-electron chi connectivity index (χ0n) is 16.9. The Hall–Kier alpha value is -2.73. The number of aliphatic carboxylic acids is 2. The molecule has 0 bridgehead atoms. The Bertz CT molecular complexity index is 880. The smallest absolute Gasteiger partial charge is 0.303 e. The van der Waals surface area contributed by atoms with Gasteiger partial charge in [-0.15, -0.1) is 0 Å². The summed E-state index contributed by atoms with van der Waals surface area (Å²) in [4.78, 5) is 36.0. The van der Waals surface area contributed by atoms with Gasteiger partial charge in [-0.3, -0.25) is 14.4 Å². The maximum atomic E-state index is 12.6. The maximum Gasteiger partial charge on any atom is 0.303 e. The molecular formula is C20H28N2O9. The van der Waals surface area contributed by atoms with Crippen LogP contribution in [0.25, 0.3) is 5.57 Å². The minimum absolute atomic E-state index is 0.0363. The summed E-state index contributed by atoms with van der Waals surface area (Å²) in [6.45, 7) is 0.00374. The number of carbonyl (C=O) groups is 2. The van der Waals surface area contributed by atoms with E-state index in [0.29, 0.717) is 31.6 Å². The van der Waals surface area contributed by atoms with Crippen LogP contribution in [0.5, 0.6) is 0 Å². The third-order valence-electron chi connectivity index (χ3n) is 5.10. The van der Waals surface area contributed by atoms with Crippen LogP contribution in [-0.2, 0) is 22.7 Å². The van der Waals surface area contributed by atoms with Crippen molar-refractivity contribution in [3.05, 3.63) is 39.9 Å². The van der Waals surface area contributed by atoms with Crippen molar-refractivity contribution in [3.8, 4) is 0 Å². The molecule has 11 nitrogen and oxygen atoms in total. The summed E-state index contributed by atoms with van der Waals surface area (Å²) in [6.07, 6.45) is -1.67. The summed E-state index contributed by atoms with van der Waals surface area (Å²) < 4.78 is 1.69. The van der Waals surface area contributed by atoms with Crippen LogP contribution in [0.2, 0.25) is 0 Å². The Labute approximate surface area is 178 Å². The number of aliphatic hydroxyl groups is 4. The van der Waals surface area contributed by atoms with Gasteiger partial charge in [-0.25, -0.2) is 0 Å². The number of fused-ring (bicyclic) bond motifs is 1. The fraction of sp³-hybridized carbons (Fsp3) is 0.550. The van der Waals surface area contributed by atoms with Gasteiger partial charge in [-0.05, 0) is 12.8 Å². The largest absolute Gasteiger partial charge is 0.481 e. The van der Waals surface area contributed by atoms with E-state index in [1.807, 2.05) is 0 Å². The molecule has 172 valence electrons. The number of rotatable bonds is 12. The zero-order chi connectivity index (χ0) is 23.1. The first-order chi connectivity index (χ1) is 14.6. The van der Waals surface area contributed by atoms with Crippen LogP contribution in [0.1, 0.15) is 36.9 Å². The molecule has 0 radical (unpaired) electrons. The van der Waals surface area contributed by atoms with Crippen molar-refractivity contribution in [2.75, 3.05) is 13.2 Å². The van der Waals surface area contributed by atoms with Crippen molar-refractivity contribution in [2.45, 2.75) is 57.1 Å². The number of hydrogen-bond acceptors (Lipinski definition) is 8. The van der Waals surface area contributed by atoms with Gasteiger partial charge in [0.2, 0.25) is 0 Å². The third-order valence-corrected chi connectivity index (χ3v) is 5.10. The van der Waals surface area contributed by atoms with Gasteiger partial charge in [0, 0.05) is 55.7 Å². The summed E-state index contributed by atoms with van der Waals surface area (Å²) in [7, 11) is 0. The normalized spacial score (nSPS) is 16.3. The molecule has 3 atom stereocenters. The Balaban J connectivity index is 2.43. The second-order valence-electron chi connectivity index (χ2n) is 7.43. The van der Waals surface area contributed by atoms with Gasteiger partial charge in [-0.1, -0.05) is 0 Å². The predicted octanol–water partition coefficient (Wildman–Crippen LogP) is -1.19. The van der Waals surface area contributed by atoms with Gasteiger partial charge in [0.1, 0.15) is 18.3 Å². The average Bonchev–Trinajstić information content (AvgIpc) is 2.72. The van der Waals surface area contributed by atoms with Crippen LogP contribution in [0.15, 0.2) is 23.3 Å². The van der Waals surface area contributed by atoms with E-state index < -0.39 is 42.3 Å². The molecule has 0 aromatic carbocycles. The van der Waals surface area contributed by atoms with E-state index in [0.717, 1.165) is 0 Å². The minimum Gasteiger partial charge on any atom is -0.481 e. The molecule has 2 rings (SSSR count). The zero-order valence-corrected chi connectivity index (χ0v) is 16.9. The van der Waals surface area contributed by atoms with Gasteiger partial charge in [0.25, 0.3) is 0 Å². The number of nitrogens with zero attached hydrogens (tertiary/aromatic N) is 2. The van der Waals surface area contributed by atoms with Crippen LogP contribution in [0.4, 0.5) is 0 Å². The van der Waals surface area contributed by atoms with Crippen LogP contribution in [0.3, 0.4) is 0 Å². The first kappa shape index (κ1) is 24.5. The minimum atomic E-state index is -1.76. The van der Waals surface area contributed by atoms with Gasteiger partial charge < -0.3 is 40.1 Å². The molecular weight excluding hydrogens is 412 g/mol. The molecule has 0 saturated carbocycles. The number of aryl methyl sites for hydroxylation is 1. The molecule has 0 amide bonds. The summed E-state index contributed by atoms with van der Waals surface area (Å²) in [5, 5.41) is 57.4. The highest BCUT2D eigenvalue weighted by Crippen LogP contribution is 2.29. The molecule has 11 heteroatoms. The Morgan fingerprint density at radius 1 is 1.03 bits per heavy atom. The Morgan fingerprint density at radius 2 is 1.65 bits per heavy atom. The van der Waals surface area contributed by atoms with Crippen LogP contribution in [-0.4, -0.2) is 83.5 Å². The maximum absolute atomic E-state index is 12.6. The second kappa shape index (κ2) is 11.0. The van der Waals surface area contributed by atoms with Gasteiger partial charge in [0.15, 0.2) is 5.43 Å². The number of carboxylic acid groups (broad SMARTS) is 2. The topological polar surface area (TPSA) is 181 Å². The Kier molecular flexibility index (Phi) is 8.75. The van der Waals surface area contributed by atoms with Gasteiger partial charge >= 0.3 is 11.9 Å². The highest BCUT2D eigenvalue weighted by molar-refractivity contribution is 5.72. The SMILES string of the molecule is O=C(O)CCCN1C=C(C(O)C(O)C(O)CO)c2c(n(CCCC(=O)O)ccc2=O)C1. The molecule has 6 N–H and O–H groups in total. The molecule has 1 aromatic heterocycles. The number of carboxylic acids is 2. The first-order valence-corrected chi connectivity index (χ1v) is 9.92. The van der Waals surface area contributed by atoms with Crippen molar-refractivity contribution >= 4 is 17.5 Å². The lowest BCUT2D eigenvalue weighted by Crippen LogP contribution is -2.43. The molecule has 0 saturated heterocycles. The monoisotopic (exact) mass is 440 g/mol. The van der Waals surface area contributed by atoms with Crippen molar-refractivity contribution in [2.24, 2.45) is 0 Å². The fourth-order valence-electron chi connectivity index (χ4n) is 3.51. The highest BCUT2D eigenvalue weighted by Gasteiger charge is 2.33. The lowest BCUT2D eigenvalue weighted by atomic mass is 9.91. The van der Waals surface area contributed by atoms with Crippen molar-refractivity contribution in [1.29, 1.82) is 0 Å². The lowest BCUT2D eigenvalue weighted by Gasteiger charge is -2.34. The van der Waals surface area contributed by atoms with Crippen LogP contribution >= 0.6 is 0 Å². The molecule has 1 aliphatic heterocycles. The highest BCUT2D eigenvalue weighted by atomic mass is 16.4. The summed E-state index contributed by atoms with van der Waals surface area (Å²) in [6, 6.07) is 1.27. The van der Waals surface area contributed by atoms with Gasteiger partial charge in [0.05, 0.1) is 18.7 Å². The average molecular weight is 440 g/mol. The van der Waals surface area contributed by atoms with E-state index in [4.69, 9.17) is 15.3 Å². The Morgan fingerprint density at radius 3 is 2.23 bits per heavy atom. The van der Waals surface area contributed by atoms with E-state index in [-0.39, 0.29) is 30.5 Å². The first-order valence-electron chi connectivity index (χ1n) is 9.92. The molecule has 31 heavy (non-hydrogen) atoms. The van der Waals surface area contributed by atoms with Crippen molar-refractivity contribution < 1.29 is 40.2 Å². The molecule has 0 fully saturated rings. The van der Waals surface area contributed by atoms with Crippen LogP contribution in [0, 0.1) is 0 Å². The molecule has 0 spiro atoms. The summed E-state index contributed by atoms with van der Waals surface area (Å²) in [5.74, 6) is -1.92. The van der Waals surface area contributed by atoms with Crippen molar-refractivity contribution in [3.63, 3.8) is 0 Å². The molecule has 1 aliphatic rings. The number of aliphatic hydroxyl groups excluding tert-OH is 4. The van der Waals surface area contributed by atoms with Crippen LogP contribution < -0.4 is 5.43 Å². The van der Waals surface area contributed by atoms with E-state index in [1.165, 1.54) is 18.5 Å². The van der Waals surface area contributed by atoms with E-state index in [9.17, 15) is 29.7 Å². The molecule has 0 aliphatic carbocycles. The second-order valence-corrected chi connectivity index (χ2v) is 7.43. The van der Waals surface area contributed by atoms with E-state index in [2.05, 4.69) is 0 Å². The molecule has 3 unspecified atom stereocenters.